The lowest BCUT2D eigenvalue weighted by atomic mass is 9.68. The second-order valence-electron chi connectivity index (χ2n) is 6.38. The topological polar surface area (TPSA) is 108 Å². The summed E-state index contributed by atoms with van der Waals surface area (Å²) in [5, 5.41) is 11.2. The monoisotopic (exact) mass is 376 g/mol. The van der Waals surface area contributed by atoms with E-state index in [2.05, 4.69) is 4.99 Å². The third-order valence-corrected chi connectivity index (χ3v) is 5.03. The van der Waals surface area contributed by atoms with Crippen LogP contribution in [0.25, 0.3) is 0 Å². The maximum atomic E-state index is 12.6. The summed E-state index contributed by atoms with van der Waals surface area (Å²) in [7, 11) is 2.56. The fraction of sp³-hybridized carbons (Fsp3) is 0.526. The van der Waals surface area contributed by atoms with Crippen molar-refractivity contribution in [2.45, 2.75) is 38.6 Å². The molecule has 0 saturated heterocycles. The first kappa shape index (κ1) is 20.5. The fourth-order valence-electron chi connectivity index (χ4n) is 3.78. The molecule has 0 radical (unpaired) electrons. The summed E-state index contributed by atoms with van der Waals surface area (Å²) >= 11 is 0. The van der Waals surface area contributed by atoms with Gasteiger partial charge in [0.1, 0.15) is 5.92 Å². The quantitative estimate of drug-likeness (QED) is 0.429. The van der Waals surface area contributed by atoms with Gasteiger partial charge in [0.05, 0.1) is 31.1 Å². The van der Waals surface area contributed by atoms with E-state index >= 15 is 0 Å². The molecule has 0 N–H and O–H groups in total. The van der Waals surface area contributed by atoms with Gasteiger partial charge in [0.25, 0.3) is 5.69 Å². The van der Waals surface area contributed by atoms with Crippen molar-refractivity contribution in [1.82, 2.24) is 0 Å². The summed E-state index contributed by atoms with van der Waals surface area (Å²) in [6.45, 7) is 3.78. The molecule has 1 aliphatic rings. The molecular weight excluding hydrogens is 352 g/mol. The Hall–Kier alpha value is -2.77. The van der Waals surface area contributed by atoms with Gasteiger partial charge in [-0.1, -0.05) is 26.0 Å². The van der Waals surface area contributed by atoms with Crippen molar-refractivity contribution in [3.63, 3.8) is 0 Å². The Morgan fingerprint density at radius 3 is 2.37 bits per heavy atom. The number of carbonyl (C=O) groups excluding carboxylic acids is 2. The van der Waals surface area contributed by atoms with Crippen LogP contribution in [-0.2, 0) is 19.1 Å². The van der Waals surface area contributed by atoms with E-state index in [-0.39, 0.29) is 11.7 Å². The molecule has 1 aliphatic heterocycles. The molecule has 0 fully saturated rings. The van der Waals surface area contributed by atoms with Gasteiger partial charge in [-0.15, -0.1) is 0 Å². The number of non-ortho nitro benzene ring substituents is 1. The van der Waals surface area contributed by atoms with Gasteiger partial charge in [-0.25, -0.2) is 0 Å². The van der Waals surface area contributed by atoms with Crippen LogP contribution in [0.1, 0.15) is 38.2 Å². The molecule has 0 amide bonds. The van der Waals surface area contributed by atoms with E-state index in [9.17, 15) is 19.7 Å². The summed E-state index contributed by atoms with van der Waals surface area (Å²) in [5.41, 5.74) is 1.05. The zero-order valence-corrected chi connectivity index (χ0v) is 15.9. The summed E-state index contributed by atoms with van der Waals surface area (Å²) in [4.78, 5) is 40.6. The number of aliphatic imine (C=N–C) groups is 1. The van der Waals surface area contributed by atoms with Crippen molar-refractivity contribution >= 4 is 23.3 Å². The van der Waals surface area contributed by atoms with Crippen LogP contribution in [0.4, 0.5) is 5.69 Å². The van der Waals surface area contributed by atoms with E-state index in [4.69, 9.17) is 9.47 Å². The highest BCUT2D eigenvalue weighted by Crippen LogP contribution is 2.43. The Morgan fingerprint density at radius 2 is 1.85 bits per heavy atom. The van der Waals surface area contributed by atoms with Crippen LogP contribution in [-0.4, -0.2) is 42.8 Å². The molecule has 0 aromatic heterocycles. The predicted octanol–water partition coefficient (Wildman–Crippen LogP) is 2.90. The SMILES string of the molecule is CCC1=NC(CC)C(C(=O)OC)C(c2cccc([N+](=O)[O-])c2)C1C(=O)OC. The maximum Gasteiger partial charge on any atom is 0.315 e. The Kier molecular flexibility index (Phi) is 6.65. The Labute approximate surface area is 157 Å². The summed E-state index contributed by atoms with van der Waals surface area (Å²) in [5.74, 6) is -3.20. The van der Waals surface area contributed by atoms with Crippen LogP contribution < -0.4 is 0 Å². The van der Waals surface area contributed by atoms with Gasteiger partial charge in [0.2, 0.25) is 0 Å². The van der Waals surface area contributed by atoms with Crippen molar-refractivity contribution in [3.05, 3.63) is 39.9 Å². The Balaban J connectivity index is 2.71. The molecule has 4 atom stereocenters. The van der Waals surface area contributed by atoms with Crippen molar-refractivity contribution in [2.24, 2.45) is 16.8 Å². The minimum absolute atomic E-state index is 0.103. The van der Waals surface area contributed by atoms with E-state index in [0.717, 1.165) is 0 Å². The van der Waals surface area contributed by atoms with Gasteiger partial charge in [-0.2, -0.15) is 0 Å². The van der Waals surface area contributed by atoms with Gasteiger partial charge in [-0.05, 0) is 18.4 Å². The van der Waals surface area contributed by atoms with Crippen LogP contribution in [0, 0.1) is 22.0 Å². The second-order valence-corrected chi connectivity index (χ2v) is 6.38. The van der Waals surface area contributed by atoms with Crippen LogP contribution in [0.5, 0.6) is 0 Å². The number of esters is 2. The number of ether oxygens (including phenoxy) is 2. The van der Waals surface area contributed by atoms with Crippen molar-refractivity contribution < 1.29 is 24.0 Å². The van der Waals surface area contributed by atoms with Gasteiger partial charge in [-0.3, -0.25) is 24.7 Å². The van der Waals surface area contributed by atoms with Gasteiger partial charge in [0.15, 0.2) is 0 Å². The third kappa shape index (κ3) is 3.99. The lowest BCUT2D eigenvalue weighted by Crippen LogP contribution is -2.46. The molecule has 0 aliphatic carbocycles. The van der Waals surface area contributed by atoms with E-state index < -0.39 is 34.6 Å². The average molecular weight is 376 g/mol. The summed E-state index contributed by atoms with van der Waals surface area (Å²) in [6.07, 6.45) is 1.08. The first-order chi connectivity index (χ1) is 12.9. The van der Waals surface area contributed by atoms with Crippen molar-refractivity contribution in [2.75, 3.05) is 14.2 Å². The summed E-state index contributed by atoms with van der Waals surface area (Å²) in [6, 6.07) is 5.64. The highest BCUT2D eigenvalue weighted by atomic mass is 16.6. The number of hydrogen-bond acceptors (Lipinski definition) is 7. The van der Waals surface area contributed by atoms with Gasteiger partial charge >= 0.3 is 11.9 Å². The largest absolute Gasteiger partial charge is 0.469 e. The first-order valence-corrected chi connectivity index (χ1v) is 8.86. The normalized spacial score (nSPS) is 24.7. The maximum absolute atomic E-state index is 12.6. The van der Waals surface area contributed by atoms with Crippen LogP contribution >= 0.6 is 0 Å². The molecule has 8 heteroatoms. The number of nitro benzene ring substituents is 1. The number of rotatable bonds is 6. The molecular formula is C19H24N2O6. The molecule has 4 unspecified atom stereocenters. The van der Waals surface area contributed by atoms with Gasteiger partial charge in [0, 0.05) is 23.8 Å². The zero-order valence-electron chi connectivity index (χ0n) is 15.9. The van der Waals surface area contributed by atoms with Crippen molar-refractivity contribution in [1.29, 1.82) is 0 Å². The number of benzene rings is 1. The highest BCUT2D eigenvalue weighted by Gasteiger charge is 2.49. The van der Waals surface area contributed by atoms with Crippen LogP contribution in [0.3, 0.4) is 0 Å². The molecule has 0 saturated carbocycles. The van der Waals surface area contributed by atoms with Crippen LogP contribution in [0.15, 0.2) is 29.3 Å². The number of methoxy groups -OCH3 is 2. The fourth-order valence-corrected chi connectivity index (χ4v) is 3.78. The standard InChI is InChI=1S/C19H24N2O6/c1-5-13-16(18(22)26-3)15(11-8-7-9-12(10-11)21(24)25)17(19(23)27-4)14(6-2)20-13/h7-10,13,15-17H,5-6H2,1-4H3. The Bertz CT molecular complexity index is 760. The predicted molar refractivity (Wildman–Crippen MR) is 98.7 cm³/mol. The van der Waals surface area contributed by atoms with Crippen molar-refractivity contribution in [3.8, 4) is 0 Å². The molecule has 27 heavy (non-hydrogen) atoms. The number of nitrogens with zero attached hydrogens (tertiary/aromatic N) is 2. The third-order valence-electron chi connectivity index (χ3n) is 5.03. The number of hydrogen-bond donors (Lipinski definition) is 0. The highest BCUT2D eigenvalue weighted by molar-refractivity contribution is 6.04. The average Bonchev–Trinajstić information content (AvgIpc) is 2.70. The summed E-state index contributed by atoms with van der Waals surface area (Å²) < 4.78 is 9.96. The van der Waals surface area contributed by atoms with E-state index in [0.29, 0.717) is 24.1 Å². The molecule has 146 valence electrons. The zero-order chi connectivity index (χ0) is 20.1. The Morgan fingerprint density at radius 1 is 1.19 bits per heavy atom. The molecule has 8 nitrogen and oxygen atoms in total. The van der Waals surface area contributed by atoms with Crippen LogP contribution in [0.2, 0.25) is 0 Å². The molecule has 0 bridgehead atoms. The van der Waals surface area contributed by atoms with E-state index in [1.807, 2.05) is 13.8 Å². The molecule has 1 heterocycles. The van der Waals surface area contributed by atoms with Gasteiger partial charge < -0.3 is 9.47 Å². The second kappa shape index (κ2) is 8.75. The molecule has 1 aromatic rings. The molecule has 1 aromatic carbocycles. The lowest BCUT2D eigenvalue weighted by Gasteiger charge is -2.39. The first-order valence-electron chi connectivity index (χ1n) is 8.86. The number of carbonyl (C=O) groups is 2. The minimum atomic E-state index is -0.797. The smallest absolute Gasteiger partial charge is 0.315 e. The molecule has 0 spiro atoms. The minimum Gasteiger partial charge on any atom is -0.469 e. The molecule has 2 rings (SSSR count). The van der Waals surface area contributed by atoms with E-state index in [1.165, 1.54) is 26.4 Å². The number of nitro groups is 1. The lowest BCUT2D eigenvalue weighted by molar-refractivity contribution is -0.384. The van der Waals surface area contributed by atoms with E-state index in [1.54, 1.807) is 12.1 Å².